The van der Waals surface area contributed by atoms with E-state index < -0.39 is 5.97 Å². The van der Waals surface area contributed by atoms with Crippen LogP contribution in [0.5, 0.6) is 0 Å². The van der Waals surface area contributed by atoms with Gasteiger partial charge in [0.2, 0.25) is 0 Å². The van der Waals surface area contributed by atoms with Gasteiger partial charge in [0.15, 0.2) is 0 Å². The molecule has 0 bridgehead atoms. The Morgan fingerprint density at radius 2 is 1.55 bits per heavy atom. The summed E-state index contributed by atoms with van der Waals surface area (Å²) in [4.78, 5) is 26.3. The van der Waals surface area contributed by atoms with Crippen molar-refractivity contribution in [2.24, 2.45) is 0 Å². The quantitative estimate of drug-likeness (QED) is 0.654. The van der Waals surface area contributed by atoms with Crippen molar-refractivity contribution in [3.05, 3.63) is 65.6 Å². The molecule has 0 atom stereocenters. The van der Waals surface area contributed by atoms with Gasteiger partial charge in [0.25, 0.3) is 5.91 Å². The summed E-state index contributed by atoms with van der Waals surface area (Å²) in [6, 6.07) is 3.36. The summed E-state index contributed by atoms with van der Waals surface area (Å²) in [5.74, 6) is -1.44. The van der Waals surface area contributed by atoms with Gasteiger partial charge in [-0.25, -0.2) is 4.79 Å². The summed E-state index contributed by atoms with van der Waals surface area (Å²) in [5.41, 5.74) is 3.57. The zero-order valence-corrected chi connectivity index (χ0v) is 18.1. The van der Waals surface area contributed by atoms with Crippen LogP contribution in [0.3, 0.4) is 0 Å². The smallest absolute Gasteiger partial charge is 0.338 e. The van der Waals surface area contributed by atoms with E-state index in [0.717, 1.165) is 29.7 Å². The van der Waals surface area contributed by atoms with E-state index in [9.17, 15) is 14.7 Å². The van der Waals surface area contributed by atoms with Gasteiger partial charge in [0.1, 0.15) is 0 Å². The van der Waals surface area contributed by atoms with Crippen LogP contribution < -0.4 is 5.32 Å². The summed E-state index contributed by atoms with van der Waals surface area (Å²) in [5, 5.41) is 13.5. The monoisotopic (exact) mass is 472 g/mol. The molecule has 0 spiro atoms. The Morgan fingerprint density at radius 1 is 0.931 bits per heavy atom. The minimum absolute atomic E-state index is 0.0490. The lowest BCUT2D eigenvalue weighted by Gasteiger charge is -2.31. The predicted molar refractivity (Wildman–Crippen MR) is 114 cm³/mol. The Kier molecular flexibility index (Phi) is 5.70. The number of nitrogens with one attached hydrogen (secondary N) is 1. The molecule has 9 heteroatoms. The molecule has 29 heavy (non-hydrogen) atoms. The summed E-state index contributed by atoms with van der Waals surface area (Å²) < 4.78 is 0. The summed E-state index contributed by atoms with van der Waals surface area (Å²) >= 11 is 25.4. The second-order valence-electron chi connectivity index (χ2n) is 7.08. The number of halogens is 4. The van der Waals surface area contributed by atoms with Gasteiger partial charge >= 0.3 is 5.97 Å². The third-order valence-corrected chi connectivity index (χ3v) is 6.83. The van der Waals surface area contributed by atoms with Crippen LogP contribution in [0.1, 0.15) is 43.0 Å². The minimum Gasteiger partial charge on any atom is -0.478 e. The average Bonchev–Trinajstić information content (AvgIpc) is 2.67. The average molecular weight is 474 g/mol. The molecule has 2 aromatic carbocycles. The Hall–Kier alpha value is -1.50. The molecule has 0 aromatic heterocycles. The van der Waals surface area contributed by atoms with Crippen LogP contribution in [0.15, 0.2) is 12.1 Å². The highest BCUT2D eigenvalue weighted by atomic mass is 35.5. The van der Waals surface area contributed by atoms with E-state index in [1.54, 1.807) is 17.0 Å². The summed E-state index contributed by atoms with van der Waals surface area (Å²) in [6.45, 7) is 2.08. The molecule has 2 aromatic rings. The van der Waals surface area contributed by atoms with Crippen molar-refractivity contribution in [1.82, 2.24) is 10.2 Å². The maximum atomic E-state index is 13.3. The van der Waals surface area contributed by atoms with Crippen LogP contribution in [-0.4, -0.2) is 35.0 Å². The fourth-order valence-corrected chi connectivity index (χ4v) is 5.46. The first-order valence-electron chi connectivity index (χ1n) is 9.02. The number of benzene rings is 2. The van der Waals surface area contributed by atoms with E-state index in [4.69, 9.17) is 46.4 Å². The number of carboxylic acids is 1. The molecule has 2 aliphatic heterocycles. The van der Waals surface area contributed by atoms with Crippen LogP contribution in [0, 0.1) is 0 Å². The van der Waals surface area contributed by atoms with E-state index >= 15 is 0 Å². The lowest BCUT2D eigenvalue weighted by molar-refractivity contribution is 0.0692. The van der Waals surface area contributed by atoms with Crippen molar-refractivity contribution in [3.8, 4) is 0 Å². The number of nitrogens with zero attached hydrogens (tertiary/aromatic N) is 1. The number of hydrogen-bond acceptors (Lipinski definition) is 3. The molecule has 1 amide bonds. The fraction of sp³-hybridized carbons (Fsp3) is 0.300. The molecule has 2 N–H and O–H groups in total. The third kappa shape index (κ3) is 3.60. The lowest BCUT2D eigenvalue weighted by atomic mass is 9.95. The van der Waals surface area contributed by atoms with Gasteiger partial charge in [-0.1, -0.05) is 46.4 Å². The molecular weight excluding hydrogens is 458 g/mol. The number of hydrogen-bond donors (Lipinski definition) is 2. The summed E-state index contributed by atoms with van der Waals surface area (Å²) in [6.07, 6.45) is 1.15. The normalized spacial score (nSPS) is 15.7. The molecule has 0 unspecified atom stereocenters. The van der Waals surface area contributed by atoms with E-state index in [2.05, 4.69) is 5.32 Å². The van der Waals surface area contributed by atoms with Crippen molar-refractivity contribution in [1.29, 1.82) is 0 Å². The van der Waals surface area contributed by atoms with Crippen molar-refractivity contribution in [3.63, 3.8) is 0 Å². The maximum Gasteiger partial charge on any atom is 0.338 e. The first-order chi connectivity index (χ1) is 13.8. The first kappa shape index (κ1) is 20.8. The van der Waals surface area contributed by atoms with Gasteiger partial charge in [-0.15, -0.1) is 0 Å². The zero-order chi connectivity index (χ0) is 20.9. The van der Waals surface area contributed by atoms with Crippen molar-refractivity contribution < 1.29 is 14.7 Å². The number of rotatable bonds is 2. The molecule has 0 fully saturated rings. The number of carbonyl (C=O) groups is 2. The molecule has 5 nitrogen and oxygen atoms in total. The highest BCUT2D eigenvalue weighted by Gasteiger charge is 2.30. The van der Waals surface area contributed by atoms with Gasteiger partial charge in [0.05, 0.1) is 31.2 Å². The van der Waals surface area contributed by atoms with E-state index in [1.807, 2.05) is 0 Å². The third-order valence-electron chi connectivity index (χ3n) is 5.40. The SMILES string of the molecule is O=C(O)c1c(Cl)cc2c(c1Cl)CCN(C(=O)c1c(Cl)cc3c(c1Cl)CCNC3)C2. The zero-order valence-electron chi connectivity index (χ0n) is 15.1. The Labute approximate surface area is 187 Å². The Bertz CT molecular complexity index is 1050. The van der Waals surface area contributed by atoms with Gasteiger partial charge in [-0.05, 0) is 53.8 Å². The van der Waals surface area contributed by atoms with Crippen LogP contribution in [-0.2, 0) is 25.9 Å². The van der Waals surface area contributed by atoms with Gasteiger partial charge in [0, 0.05) is 19.6 Å². The highest BCUT2D eigenvalue weighted by molar-refractivity contribution is 6.41. The van der Waals surface area contributed by atoms with Gasteiger partial charge in [-0.2, -0.15) is 0 Å². The molecule has 0 radical (unpaired) electrons. The van der Waals surface area contributed by atoms with Crippen molar-refractivity contribution >= 4 is 58.3 Å². The van der Waals surface area contributed by atoms with Crippen LogP contribution in [0.4, 0.5) is 0 Å². The fourth-order valence-electron chi connectivity index (χ4n) is 3.95. The van der Waals surface area contributed by atoms with Crippen molar-refractivity contribution in [2.45, 2.75) is 25.9 Å². The second-order valence-corrected chi connectivity index (χ2v) is 8.65. The molecule has 2 heterocycles. The number of aromatic carboxylic acids is 1. The van der Waals surface area contributed by atoms with Crippen molar-refractivity contribution in [2.75, 3.05) is 13.1 Å². The maximum absolute atomic E-state index is 13.3. The van der Waals surface area contributed by atoms with Crippen LogP contribution >= 0.6 is 46.4 Å². The lowest BCUT2D eigenvalue weighted by Crippen LogP contribution is -2.37. The van der Waals surface area contributed by atoms with Gasteiger partial charge in [-0.3, -0.25) is 4.79 Å². The second kappa shape index (κ2) is 7.97. The molecule has 0 saturated heterocycles. The molecule has 152 valence electrons. The van der Waals surface area contributed by atoms with Crippen LogP contribution in [0.2, 0.25) is 20.1 Å². The molecule has 2 aliphatic rings. The highest BCUT2D eigenvalue weighted by Crippen LogP contribution is 2.37. The molecule has 0 saturated carbocycles. The van der Waals surface area contributed by atoms with Crippen LogP contribution in [0.25, 0.3) is 0 Å². The summed E-state index contributed by atoms with van der Waals surface area (Å²) in [7, 11) is 0. The Balaban J connectivity index is 1.69. The predicted octanol–water partition coefficient (Wildman–Crippen LogP) is 4.84. The Morgan fingerprint density at radius 3 is 2.28 bits per heavy atom. The van der Waals surface area contributed by atoms with E-state index in [0.29, 0.717) is 40.7 Å². The molecular formula is C20H16Cl4N2O3. The minimum atomic E-state index is -1.18. The topological polar surface area (TPSA) is 69.6 Å². The number of carboxylic acid groups (broad SMARTS) is 1. The molecule has 4 rings (SSSR count). The van der Waals surface area contributed by atoms with E-state index in [-0.39, 0.29) is 28.1 Å². The number of fused-ring (bicyclic) bond motifs is 2. The van der Waals surface area contributed by atoms with E-state index in [1.165, 1.54) is 0 Å². The standard InChI is InChI=1S/C20H16Cl4N2O3/c21-13-5-9-7-25-3-1-11(9)17(23)15(13)19(27)26-4-2-12-10(8-26)6-14(22)16(18(12)24)20(28)29/h5-6,25H,1-4,7-8H2,(H,28,29). The largest absolute Gasteiger partial charge is 0.478 e. The number of carbonyl (C=O) groups excluding carboxylic acids is 1. The first-order valence-corrected chi connectivity index (χ1v) is 10.5. The molecule has 0 aliphatic carbocycles. The number of amides is 1. The van der Waals surface area contributed by atoms with Gasteiger partial charge < -0.3 is 15.3 Å².